The van der Waals surface area contributed by atoms with Crippen LogP contribution in [0.4, 0.5) is 10.1 Å². The van der Waals surface area contributed by atoms with Gasteiger partial charge >= 0.3 is 0 Å². The first-order valence-corrected chi connectivity index (χ1v) is 14.7. The molecule has 0 unspecified atom stereocenters. The third-order valence-electron chi connectivity index (χ3n) is 8.07. The number of amides is 1. The van der Waals surface area contributed by atoms with E-state index < -0.39 is 0 Å². The number of halogens is 1. The zero-order valence-corrected chi connectivity index (χ0v) is 24.1. The molecule has 0 radical (unpaired) electrons. The molecule has 0 aliphatic carbocycles. The summed E-state index contributed by atoms with van der Waals surface area (Å²) < 4.78 is 13.9. The van der Waals surface area contributed by atoms with Gasteiger partial charge in [-0.2, -0.15) is 0 Å². The predicted octanol–water partition coefficient (Wildman–Crippen LogP) is 7.59. The summed E-state index contributed by atoms with van der Waals surface area (Å²) in [4.78, 5) is 22.7. The molecule has 7 heteroatoms. The zero-order valence-electron chi connectivity index (χ0n) is 24.1. The number of pyridine rings is 1. The van der Waals surface area contributed by atoms with E-state index in [1.165, 1.54) is 55.2 Å². The third kappa shape index (κ3) is 6.37. The smallest absolute Gasteiger partial charge is 0.262 e. The lowest BCUT2D eigenvalue weighted by Gasteiger charge is -2.27. The highest BCUT2D eigenvalue weighted by molar-refractivity contribution is 6.08. The van der Waals surface area contributed by atoms with Crippen molar-refractivity contribution in [3.05, 3.63) is 119 Å². The number of piperidine rings is 1. The van der Waals surface area contributed by atoms with Crippen molar-refractivity contribution in [1.29, 1.82) is 0 Å². The summed E-state index contributed by atoms with van der Waals surface area (Å²) in [6, 6.07) is 26.4. The molecule has 4 aromatic carbocycles. The number of phenols is 2. The monoisotopic (exact) mass is 575 g/mol. The van der Waals surface area contributed by atoms with Crippen LogP contribution in [0, 0.1) is 12.7 Å². The van der Waals surface area contributed by atoms with Gasteiger partial charge in [0.05, 0.1) is 23.3 Å². The van der Waals surface area contributed by atoms with Crippen LogP contribution >= 0.6 is 0 Å². The number of aryl methyl sites for hydroxylation is 1. The van der Waals surface area contributed by atoms with Crippen LogP contribution in [0.3, 0.4) is 0 Å². The number of phenolic OH excluding ortho intramolecular Hbond substituents is 2. The van der Waals surface area contributed by atoms with Gasteiger partial charge in [0, 0.05) is 35.3 Å². The molecule has 5 aromatic rings. The average molecular weight is 576 g/mol. The van der Waals surface area contributed by atoms with Gasteiger partial charge in [0.2, 0.25) is 0 Å². The first-order valence-electron chi connectivity index (χ1n) is 14.7. The molecule has 218 valence electrons. The maximum atomic E-state index is 13.9. The fourth-order valence-electron chi connectivity index (χ4n) is 5.85. The summed E-state index contributed by atoms with van der Waals surface area (Å²) >= 11 is 0. The Morgan fingerprint density at radius 1 is 0.884 bits per heavy atom. The molecule has 6 nitrogen and oxygen atoms in total. The molecular formula is C36H34FN3O3. The van der Waals surface area contributed by atoms with E-state index in [2.05, 4.69) is 17.0 Å². The van der Waals surface area contributed by atoms with E-state index in [0.717, 1.165) is 47.4 Å². The molecule has 1 aliphatic rings. The maximum Gasteiger partial charge on any atom is 0.262 e. The molecule has 1 saturated heterocycles. The number of nitrogens with zero attached hydrogens (tertiary/aromatic N) is 3. The minimum absolute atomic E-state index is 0.0976. The molecule has 0 saturated carbocycles. The third-order valence-corrected chi connectivity index (χ3v) is 8.07. The Bertz CT molecular complexity index is 1780. The fraction of sp³-hybridized carbons (Fsp3) is 0.222. The molecule has 1 amide bonds. The van der Waals surface area contributed by atoms with E-state index >= 15 is 0 Å². The minimum Gasteiger partial charge on any atom is -0.508 e. The number of rotatable bonds is 7. The van der Waals surface area contributed by atoms with Crippen molar-refractivity contribution < 1.29 is 19.4 Å². The quantitative estimate of drug-likeness (QED) is 0.209. The summed E-state index contributed by atoms with van der Waals surface area (Å²) in [7, 11) is 0. The summed E-state index contributed by atoms with van der Waals surface area (Å²) in [5, 5.41) is 21.2. The summed E-state index contributed by atoms with van der Waals surface area (Å²) in [5.74, 6) is -1.12. The number of fused-ring (bicyclic) bond motifs is 1. The second-order valence-electron chi connectivity index (χ2n) is 11.3. The molecule has 1 aliphatic heterocycles. The van der Waals surface area contributed by atoms with Crippen LogP contribution in [-0.4, -0.2) is 39.1 Å². The Kier molecular flexibility index (Phi) is 8.07. The highest BCUT2D eigenvalue weighted by Crippen LogP contribution is 2.31. The van der Waals surface area contributed by atoms with Gasteiger partial charge in [0.1, 0.15) is 17.3 Å². The SMILES string of the molecule is Cc1cc2ccc(F)cc2nc1-c1ccc(N(Cc2cccc(CN3CCCCC3)c2)C(=O)c2ccc(O)cc2O)cc1. The molecule has 0 bridgehead atoms. The second kappa shape index (κ2) is 12.2. The molecule has 0 spiro atoms. The van der Waals surface area contributed by atoms with Crippen molar-refractivity contribution >= 4 is 22.5 Å². The number of likely N-dealkylation sites (tertiary alicyclic amines) is 1. The van der Waals surface area contributed by atoms with Crippen LogP contribution in [0.5, 0.6) is 11.5 Å². The fourth-order valence-corrected chi connectivity index (χ4v) is 5.85. The first-order chi connectivity index (χ1) is 20.8. The Morgan fingerprint density at radius 3 is 2.42 bits per heavy atom. The maximum absolute atomic E-state index is 13.9. The van der Waals surface area contributed by atoms with Crippen molar-refractivity contribution in [2.45, 2.75) is 39.3 Å². The van der Waals surface area contributed by atoms with Gasteiger partial charge in [-0.05, 0) is 92.0 Å². The molecule has 6 rings (SSSR count). The minimum atomic E-state index is -0.387. The van der Waals surface area contributed by atoms with E-state index in [0.29, 0.717) is 17.7 Å². The lowest BCUT2D eigenvalue weighted by atomic mass is 10.0. The molecule has 0 atom stereocenters. The highest BCUT2D eigenvalue weighted by Gasteiger charge is 2.22. The van der Waals surface area contributed by atoms with Gasteiger partial charge in [-0.3, -0.25) is 9.69 Å². The molecule has 2 heterocycles. The molecule has 43 heavy (non-hydrogen) atoms. The Balaban J connectivity index is 1.33. The normalized spacial score (nSPS) is 13.7. The predicted molar refractivity (Wildman–Crippen MR) is 168 cm³/mol. The van der Waals surface area contributed by atoms with Gasteiger partial charge < -0.3 is 15.1 Å². The van der Waals surface area contributed by atoms with Crippen LogP contribution in [-0.2, 0) is 13.1 Å². The van der Waals surface area contributed by atoms with Gasteiger partial charge in [0.15, 0.2) is 0 Å². The van der Waals surface area contributed by atoms with Gasteiger partial charge in [0.25, 0.3) is 5.91 Å². The van der Waals surface area contributed by atoms with E-state index in [1.807, 2.05) is 49.4 Å². The molecule has 1 aromatic heterocycles. The van der Waals surface area contributed by atoms with Crippen LogP contribution in [0.15, 0.2) is 91.0 Å². The molecule has 1 fully saturated rings. The first kappa shape index (κ1) is 28.4. The van der Waals surface area contributed by atoms with E-state index in [9.17, 15) is 19.4 Å². The second-order valence-corrected chi connectivity index (χ2v) is 11.3. The topological polar surface area (TPSA) is 76.9 Å². The van der Waals surface area contributed by atoms with E-state index in [1.54, 1.807) is 11.0 Å². The van der Waals surface area contributed by atoms with E-state index in [4.69, 9.17) is 4.98 Å². The number of anilines is 1. The summed E-state index contributed by atoms with van der Waals surface area (Å²) in [6.45, 7) is 5.33. The van der Waals surface area contributed by atoms with Crippen LogP contribution < -0.4 is 4.90 Å². The highest BCUT2D eigenvalue weighted by atomic mass is 19.1. The van der Waals surface area contributed by atoms with Gasteiger partial charge in [-0.25, -0.2) is 9.37 Å². The van der Waals surface area contributed by atoms with Crippen LogP contribution in [0.1, 0.15) is 46.3 Å². The van der Waals surface area contributed by atoms with Gasteiger partial charge in [-0.1, -0.05) is 42.8 Å². The van der Waals surface area contributed by atoms with Gasteiger partial charge in [-0.15, -0.1) is 0 Å². The Morgan fingerprint density at radius 2 is 1.65 bits per heavy atom. The summed E-state index contributed by atoms with van der Waals surface area (Å²) in [6.07, 6.45) is 3.73. The number of carbonyl (C=O) groups excluding carboxylic acids is 1. The van der Waals surface area contributed by atoms with Crippen molar-refractivity contribution in [1.82, 2.24) is 9.88 Å². The standard InChI is InChI=1S/C36H34FN3O3/c1-24-18-28-8-11-29(37)20-33(28)38-35(24)27-9-12-30(13-10-27)40(36(43)32-15-14-31(41)21-34(32)42)23-26-7-5-6-25(19-26)22-39-16-3-2-4-17-39/h5-15,18-21,41-42H,2-4,16-17,22-23H2,1H3. The number of hydrogen-bond donors (Lipinski definition) is 2. The number of carbonyl (C=O) groups is 1. The zero-order chi connectivity index (χ0) is 29.9. The largest absolute Gasteiger partial charge is 0.508 e. The number of hydrogen-bond acceptors (Lipinski definition) is 5. The number of aromatic nitrogens is 1. The Labute approximate surface area is 250 Å². The lowest BCUT2D eigenvalue weighted by molar-refractivity contribution is 0.0982. The van der Waals surface area contributed by atoms with Crippen molar-refractivity contribution in [2.24, 2.45) is 0 Å². The van der Waals surface area contributed by atoms with Crippen molar-refractivity contribution in [2.75, 3.05) is 18.0 Å². The molecular weight excluding hydrogens is 541 g/mol. The molecule has 2 N–H and O–H groups in total. The lowest BCUT2D eigenvalue weighted by Crippen LogP contribution is -2.31. The average Bonchev–Trinajstić information content (AvgIpc) is 3.00. The number of benzene rings is 4. The Hall–Kier alpha value is -4.75. The van der Waals surface area contributed by atoms with Crippen LogP contribution in [0.2, 0.25) is 0 Å². The van der Waals surface area contributed by atoms with E-state index in [-0.39, 0.29) is 28.8 Å². The van der Waals surface area contributed by atoms with Crippen molar-refractivity contribution in [3.63, 3.8) is 0 Å². The van der Waals surface area contributed by atoms with Crippen LogP contribution in [0.25, 0.3) is 22.2 Å². The summed E-state index contributed by atoms with van der Waals surface area (Å²) in [5.41, 5.74) is 6.03. The van der Waals surface area contributed by atoms with Crippen molar-refractivity contribution in [3.8, 4) is 22.8 Å². The number of aromatic hydroxyl groups is 2.